The third kappa shape index (κ3) is 4.78. The molecular formula is C24H21ClFN7O3. The third-order valence-corrected chi connectivity index (χ3v) is 5.93. The number of aromatic nitrogens is 5. The van der Waals surface area contributed by atoms with Crippen LogP contribution in [0.4, 0.5) is 15.9 Å². The van der Waals surface area contributed by atoms with Crippen LogP contribution in [0, 0.1) is 5.82 Å². The standard InChI is InChI=1S/C24H21ClFN7O3/c1-3-20(34)33-11-8-14(12-33)35-18-7-5-16-23(30-18)24(28-13-27-16)29-15-4-6-17(21(25)22(15)26)36-19-9-10-32(2)31-19/h3-7,9-10,13-14H,1,8,11-12H2,2H3,(H,27,28,29)/t14-/m0/s1. The molecule has 4 heterocycles. The van der Waals surface area contributed by atoms with Gasteiger partial charge in [-0.3, -0.25) is 9.48 Å². The zero-order valence-electron chi connectivity index (χ0n) is 19.2. The van der Waals surface area contributed by atoms with E-state index in [4.69, 9.17) is 21.1 Å². The summed E-state index contributed by atoms with van der Waals surface area (Å²) >= 11 is 6.23. The number of benzene rings is 1. The molecule has 1 aliphatic heterocycles. The van der Waals surface area contributed by atoms with Crippen LogP contribution in [0.15, 0.2) is 55.5 Å². The first kappa shape index (κ1) is 23.5. The molecule has 12 heteroatoms. The molecular weight excluding hydrogens is 489 g/mol. The molecule has 0 aliphatic carbocycles. The molecule has 1 amide bonds. The monoisotopic (exact) mass is 509 g/mol. The summed E-state index contributed by atoms with van der Waals surface area (Å²) in [4.78, 5) is 26.5. The number of nitrogens with one attached hydrogen (secondary N) is 1. The number of carbonyl (C=O) groups is 1. The van der Waals surface area contributed by atoms with Crippen LogP contribution >= 0.6 is 11.6 Å². The summed E-state index contributed by atoms with van der Waals surface area (Å²) < 4.78 is 28.2. The van der Waals surface area contributed by atoms with Crippen LogP contribution in [-0.4, -0.2) is 54.7 Å². The summed E-state index contributed by atoms with van der Waals surface area (Å²) in [5.74, 6) is 0.175. The zero-order valence-corrected chi connectivity index (χ0v) is 19.9. The Morgan fingerprint density at radius 3 is 2.89 bits per heavy atom. The van der Waals surface area contributed by atoms with Crippen LogP contribution in [0.2, 0.25) is 5.02 Å². The molecule has 184 valence electrons. The molecule has 10 nitrogen and oxygen atoms in total. The van der Waals surface area contributed by atoms with Gasteiger partial charge in [0.2, 0.25) is 17.7 Å². The molecule has 0 radical (unpaired) electrons. The van der Waals surface area contributed by atoms with Crippen molar-refractivity contribution in [3.05, 3.63) is 66.4 Å². The van der Waals surface area contributed by atoms with E-state index in [-0.39, 0.29) is 40.2 Å². The molecule has 1 atom stereocenters. The highest BCUT2D eigenvalue weighted by Crippen LogP contribution is 2.36. The van der Waals surface area contributed by atoms with Crippen molar-refractivity contribution in [1.82, 2.24) is 29.6 Å². The first-order valence-corrected chi connectivity index (χ1v) is 11.4. The van der Waals surface area contributed by atoms with Crippen LogP contribution < -0.4 is 14.8 Å². The van der Waals surface area contributed by atoms with Crippen molar-refractivity contribution in [3.63, 3.8) is 0 Å². The van der Waals surface area contributed by atoms with Gasteiger partial charge in [0.1, 0.15) is 23.0 Å². The van der Waals surface area contributed by atoms with Gasteiger partial charge in [-0.05, 0) is 24.3 Å². The van der Waals surface area contributed by atoms with E-state index < -0.39 is 5.82 Å². The Morgan fingerprint density at radius 2 is 2.11 bits per heavy atom. The van der Waals surface area contributed by atoms with Crippen molar-refractivity contribution < 1.29 is 18.7 Å². The van der Waals surface area contributed by atoms with Crippen molar-refractivity contribution >= 4 is 40.0 Å². The number of rotatable bonds is 7. The molecule has 1 saturated heterocycles. The minimum absolute atomic E-state index is 0.0795. The number of halogens is 2. The second-order valence-corrected chi connectivity index (χ2v) is 8.43. The summed E-state index contributed by atoms with van der Waals surface area (Å²) in [5.41, 5.74) is 1.00. The summed E-state index contributed by atoms with van der Waals surface area (Å²) in [6.45, 7) is 4.54. The molecule has 4 aromatic rings. The number of ether oxygens (including phenoxy) is 2. The van der Waals surface area contributed by atoms with Crippen LogP contribution in [0.5, 0.6) is 17.5 Å². The number of likely N-dealkylation sites (tertiary alicyclic amines) is 1. The summed E-state index contributed by atoms with van der Waals surface area (Å²) in [6, 6.07) is 8.08. The van der Waals surface area contributed by atoms with Gasteiger partial charge in [-0.1, -0.05) is 18.2 Å². The van der Waals surface area contributed by atoms with Gasteiger partial charge in [0, 0.05) is 38.3 Å². The quantitative estimate of drug-likeness (QED) is 0.368. The Labute approximate surface area is 210 Å². The second kappa shape index (κ2) is 9.78. The number of nitrogens with zero attached hydrogens (tertiary/aromatic N) is 6. The van der Waals surface area contributed by atoms with Crippen molar-refractivity contribution in [1.29, 1.82) is 0 Å². The third-order valence-electron chi connectivity index (χ3n) is 5.58. The molecule has 5 rings (SSSR count). The Balaban J connectivity index is 1.37. The van der Waals surface area contributed by atoms with E-state index >= 15 is 4.39 Å². The Hall–Kier alpha value is -4.25. The fourth-order valence-electron chi connectivity index (χ4n) is 3.80. The van der Waals surface area contributed by atoms with Crippen molar-refractivity contribution in [2.45, 2.75) is 12.5 Å². The fraction of sp³-hybridized carbons (Fsp3) is 0.208. The summed E-state index contributed by atoms with van der Waals surface area (Å²) in [5, 5.41) is 6.83. The van der Waals surface area contributed by atoms with E-state index in [1.807, 2.05) is 0 Å². The Kier molecular flexibility index (Phi) is 6.38. The Bertz CT molecular complexity index is 1460. The molecule has 36 heavy (non-hydrogen) atoms. The van der Waals surface area contributed by atoms with Gasteiger partial charge in [-0.25, -0.2) is 19.3 Å². The number of carbonyl (C=O) groups excluding carboxylic acids is 1. The van der Waals surface area contributed by atoms with Crippen molar-refractivity contribution in [3.8, 4) is 17.5 Å². The van der Waals surface area contributed by atoms with Gasteiger partial charge < -0.3 is 19.7 Å². The first-order valence-electron chi connectivity index (χ1n) is 11.0. The highest BCUT2D eigenvalue weighted by atomic mass is 35.5. The molecule has 0 bridgehead atoms. The van der Waals surface area contributed by atoms with Gasteiger partial charge in [0.15, 0.2) is 17.4 Å². The van der Waals surface area contributed by atoms with Crippen molar-refractivity contribution in [2.75, 3.05) is 18.4 Å². The van der Waals surface area contributed by atoms with Crippen LogP contribution in [0.3, 0.4) is 0 Å². The van der Waals surface area contributed by atoms with Crippen LogP contribution in [0.1, 0.15) is 6.42 Å². The average Bonchev–Trinajstić information content (AvgIpc) is 3.52. The maximum absolute atomic E-state index is 15.1. The van der Waals surface area contributed by atoms with Gasteiger partial charge >= 0.3 is 0 Å². The maximum atomic E-state index is 15.1. The molecule has 1 N–H and O–H groups in total. The number of hydrogen-bond acceptors (Lipinski definition) is 8. The van der Waals surface area contributed by atoms with E-state index in [9.17, 15) is 4.79 Å². The number of anilines is 2. The number of pyridine rings is 1. The lowest BCUT2D eigenvalue weighted by molar-refractivity contribution is -0.125. The number of fused-ring (bicyclic) bond motifs is 1. The zero-order chi connectivity index (χ0) is 25.2. The SMILES string of the molecule is C=CC(=O)N1CC[C@H](Oc2ccc3ncnc(Nc4ccc(Oc5ccn(C)n5)c(Cl)c4F)c3n2)C1. The lowest BCUT2D eigenvalue weighted by Gasteiger charge is -2.16. The normalized spacial score (nSPS) is 15.2. The lowest BCUT2D eigenvalue weighted by atomic mass is 10.2. The van der Waals surface area contributed by atoms with Gasteiger partial charge in [-0.2, -0.15) is 0 Å². The number of amides is 1. The minimum atomic E-state index is -0.720. The predicted octanol–water partition coefficient (Wildman–Crippen LogP) is 4.25. The number of hydrogen-bond donors (Lipinski definition) is 1. The van der Waals surface area contributed by atoms with Gasteiger partial charge in [0.05, 0.1) is 17.7 Å². The van der Waals surface area contributed by atoms with Gasteiger partial charge in [0.25, 0.3) is 0 Å². The van der Waals surface area contributed by atoms with E-state index in [2.05, 4.69) is 31.9 Å². The van der Waals surface area contributed by atoms with E-state index in [1.165, 1.54) is 24.5 Å². The van der Waals surface area contributed by atoms with E-state index in [0.717, 1.165) is 0 Å². The summed E-state index contributed by atoms with van der Waals surface area (Å²) in [6.07, 6.45) is 4.80. The minimum Gasteiger partial charge on any atom is -0.472 e. The smallest absolute Gasteiger partial charge is 0.246 e. The molecule has 1 aromatic carbocycles. The fourth-order valence-corrected chi connectivity index (χ4v) is 4.00. The molecule has 1 fully saturated rings. The Morgan fingerprint density at radius 1 is 1.25 bits per heavy atom. The van der Waals surface area contributed by atoms with Crippen LogP contribution in [0.25, 0.3) is 11.0 Å². The average molecular weight is 510 g/mol. The predicted molar refractivity (Wildman–Crippen MR) is 131 cm³/mol. The van der Waals surface area contributed by atoms with E-state index in [0.29, 0.717) is 36.4 Å². The van der Waals surface area contributed by atoms with Crippen molar-refractivity contribution in [2.24, 2.45) is 7.05 Å². The lowest BCUT2D eigenvalue weighted by Crippen LogP contribution is -2.29. The highest BCUT2D eigenvalue weighted by molar-refractivity contribution is 6.32. The molecule has 1 aliphatic rings. The summed E-state index contributed by atoms with van der Waals surface area (Å²) in [7, 11) is 1.74. The van der Waals surface area contributed by atoms with Crippen LogP contribution in [-0.2, 0) is 11.8 Å². The van der Waals surface area contributed by atoms with E-state index in [1.54, 1.807) is 41.0 Å². The molecule has 0 saturated carbocycles. The largest absolute Gasteiger partial charge is 0.472 e. The maximum Gasteiger partial charge on any atom is 0.246 e. The second-order valence-electron chi connectivity index (χ2n) is 8.05. The topological polar surface area (TPSA) is 107 Å². The highest BCUT2D eigenvalue weighted by Gasteiger charge is 2.27. The van der Waals surface area contributed by atoms with Gasteiger partial charge in [-0.15, -0.1) is 5.10 Å². The molecule has 0 spiro atoms. The number of aryl methyl sites for hydroxylation is 1. The molecule has 3 aromatic heterocycles. The first-order chi connectivity index (χ1) is 17.4. The molecule has 0 unspecified atom stereocenters.